The van der Waals surface area contributed by atoms with E-state index in [1.807, 2.05) is 66.7 Å². The SMILES string of the molecule is c1ccc(-c2ccc(-c3cc(-c4nc(-c5ccccc5)nc(-c5ccccc5)n4)c4c(c3)oc3cc(-n5c6ccccc6c6ccccc65)ccc34)cc2)cc1. The van der Waals surface area contributed by atoms with Crippen molar-refractivity contribution in [1.82, 2.24) is 19.5 Å². The van der Waals surface area contributed by atoms with Gasteiger partial charge < -0.3 is 8.98 Å². The Hall–Kier alpha value is -7.63. The van der Waals surface area contributed by atoms with Gasteiger partial charge in [-0.3, -0.25) is 0 Å². The van der Waals surface area contributed by atoms with Gasteiger partial charge in [-0.05, 0) is 58.7 Å². The molecule has 0 radical (unpaired) electrons. The number of benzene rings is 8. The summed E-state index contributed by atoms with van der Waals surface area (Å²) in [5.41, 5.74) is 12.0. The molecule has 3 heterocycles. The molecule has 5 heteroatoms. The summed E-state index contributed by atoms with van der Waals surface area (Å²) in [5, 5.41) is 4.39. The van der Waals surface area contributed by atoms with Crippen molar-refractivity contribution in [2.45, 2.75) is 0 Å². The molecular weight excluding hydrogens is 685 g/mol. The molecule has 0 unspecified atom stereocenters. The van der Waals surface area contributed by atoms with Crippen molar-refractivity contribution in [2.75, 3.05) is 0 Å². The third-order valence-electron chi connectivity index (χ3n) is 10.7. The zero-order valence-corrected chi connectivity index (χ0v) is 30.2. The molecule has 11 rings (SSSR count). The van der Waals surface area contributed by atoms with Gasteiger partial charge in [0.2, 0.25) is 0 Å². The van der Waals surface area contributed by atoms with Crippen molar-refractivity contribution >= 4 is 43.7 Å². The Labute approximate surface area is 322 Å². The summed E-state index contributed by atoms with van der Waals surface area (Å²) in [5.74, 6) is 1.81. The standard InChI is InChI=1S/C51H32N4O/c1-4-14-33(15-5-1)34-24-26-35(27-25-34)38-30-43(51-53-49(36-16-6-2-7-17-36)52-50(54-51)37-18-8-3-9-19-37)48-42-29-28-39(32-46(42)56-47(48)31-38)55-44-22-12-10-20-40(44)41-21-11-13-23-45(41)55/h1-32H. The van der Waals surface area contributed by atoms with E-state index in [9.17, 15) is 0 Å². The zero-order chi connectivity index (χ0) is 37.0. The van der Waals surface area contributed by atoms with E-state index in [2.05, 4.69) is 132 Å². The van der Waals surface area contributed by atoms with Crippen LogP contribution in [0.1, 0.15) is 0 Å². The van der Waals surface area contributed by atoms with Crippen LogP contribution in [0.3, 0.4) is 0 Å². The Bertz CT molecular complexity index is 3110. The number of rotatable bonds is 6. The molecule has 0 amide bonds. The van der Waals surface area contributed by atoms with Crippen molar-refractivity contribution in [3.8, 4) is 62.1 Å². The smallest absolute Gasteiger partial charge is 0.164 e. The lowest BCUT2D eigenvalue weighted by Crippen LogP contribution is -2.00. The molecule has 262 valence electrons. The highest BCUT2D eigenvalue weighted by molar-refractivity contribution is 6.14. The molecule has 0 aliphatic rings. The highest BCUT2D eigenvalue weighted by Gasteiger charge is 2.21. The highest BCUT2D eigenvalue weighted by atomic mass is 16.3. The summed E-state index contributed by atoms with van der Waals surface area (Å²) in [7, 11) is 0. The van der Waals surface area contributed by atoms with Crippen LogP contribution in [-0.2, 0) is 0 Å². The minimum Gasteiger partial charge on any atom is -0.456 e. The number of para-hydroxylation sites is 2. The van der Waals surface area contributed by atoms with Crippen LogP contribution in [0.5, 0.6) is 0 Å². The highest BCUT2D eigenvalue weighted by Crippen LogP contribution is 2.42. The number of nitrogens with zero attached hydrogens (tertiary/aromatic N) is 4. The monoisotopic (exact) mass is 716 g/mol. The fourth-order valence-electron chi connectivity index (χ4n) is 7.99. The molecule has 0 bridgehead atoms. The average Bonchev–Trinajstić information content (AvgIpc) is 3.82. The first-order valence-corrected chi connectivity index (χ1v) is 18.8. The molecule has 3 aromatic heterocycles. The Balaban J connectivity index is 1.16. The number of hydrogen-bond donors (Lipinski definition) is 0. The van der Waals surface area contributed by atoms with Crippen molar-refractivity contribution in [3.05, 3.63) is 194 Å². The van der Waals surface area contributed by atoms with E-state index in [1.165, 1.54) is 16.3 Å². The minimum atomic E-state index is 0.583. The maximum absolute atomic E-state index is 6.88. The average molecular weight is 717 g/mol. The molecule has 11 aromatic rings. The van der Waals surface area contributed by atoms with E-state index < -0.39 is 0 Å². The number of furan rings is 1. The van der Waals surface area contributed by atoms with Gasteiger partial charge in [0.1, 0.15) is 11.2 Å². The molecule has 0 saturated heterocycles. The number of fused-ring (bicyclic) bond motifs is 6. The van der Waals surface area contributed by atoms with E-state index in [0.29, 0.717) is 17.5 Å². The van der Waals surface area contributed by atoms with Crippen LogP contribution in [0.4, 0.5) is 0 Å². The van der Waals surface area contributed by atoms with Gasteiger partial charge in [-0.15, -0.1) is 0 Å². The van der Waals surface area contributed by atoms with Crippen LogP contribution < -0.4 is 0 Å². The fraction of sp³-hybridized carbons (Fsp3) is 0. The molecule has 0 aliphatic carbocycles. The lowest BCUT2D eigenvalue weighted by Gasteiger charge is -2.11. The van der Waals surface area contributed by atoms with E-state index in [0.717, 1.165) is 72.0 Å². The zero-order valence-electron chi connectivity index (χ0n) is 30.2. The van der Waals surface area contributed by atoms with Gasteiger partial charge in [-0.25, -0.2) is 15.0 Å². The Morgan fingerprint density at radius 2 is 0.821 bits per heavy atom. The van der Waals surface area contributed by atoms with Gasteiger partial charge in [0.25, 0.3) is 0 Å². The summed E-state index contributed by atoms with van der Waals surface area (Å²) >= 11 is 0. The summed E-state index contributed by atoms with van der Waals surface area (Å²) in [4.78, 5) is 15.4. The largest absolute Gasteiger partial charge is 0.456 e. The van der Waals surface area contributed by atoms with E-state index in [4.69, 9.17) is 19.4 Å². The summed E-state index contributed by atoms with van der Waals surface area (Å²) < 4.78 is 9.20. The normalized spacial score (nSPS) is 11.6. The van der Waals surface area contributed by atoms with E-state index >= 15 is 0 Å². The Morgan fingerprint density at radius 3 is 1.41 bits per heavy atom. The van der Waals surface area contributed by atoms with Crippen molar-refractivity contribution in [3.63, 3.8) is 0 Å². The van der Waals surface area contributed by atoms with E-state index in [1.54, 1.807) is 0 Å². The van der Waals surface area contributed by atoms with Gasteiger partial charge >= 0.3 is 0 Å². The molecular formula is C51H32N4O. The van der Waals surface area contributed by atoms with Gasteiger partial charge in [0.05, 0.1) is 11.0 Å². The minimum absolute atomic E-state index is 0.583. The second-order valence-corrected chi connectivity index (χ2v) is 14.0. The van der Waals surface area contributed by atoms with Crippen LogP contribution in [0.15, 0.2) is 199 Å². The maximum atomic E-state index is 6.88. The van der Waals surface area contributed by atoms with Crippen molar-refractivity contribution in [2.24, 2.45) is 0 Å². The molecule has 5 nitrogen and oxygen atoms in total. The van der Waals surface area contributed by atoms with Gasteiger partial charge in [-0.1, -0.05) is 152 Å². The lowest BCUT2D eigenvalue weighted by molar-refractivity contribution is 0.669. The van der Waals surface area contributed by atoms with E-state index in [-0.39, 0.29) is 0 Å². The van der Waals surface area contributed by atoms with Crippen LogP contribution in [0.2, 0.25) is 0 Å². The second kappa shape index (κ2) is 13.0. The summed E-state index contributed by atoms with van der Waals surface area (Å²) in [6.07, 6.45) is 0. The molecule has 56 heavy (non-hydrogen) atoms. The predicted molar refractivity (Wildman–Crippen MR) is 229 cm³/mol. The topological polar surface area (TPSA) is 56.7 Å². The molecule has 0 aliphatic heterocycles. The van der Waals surface area contributed by atoms with Crippen LogP contribution in [-0.4, -0.2) is 19.5 Å². The van der Waals surface area contributed by atoms with Gasteiger partial charge in [0.15, 0.2) is 17.5 Å². The fourth-order valence-corrected chi connectivity index (χ4v) is 7.99. The second-order valence-electron chi connectivity index (χ2n) is 14.0. The molecule has 0 spiro atoms. The van der Waals surface area contributed by atoms with Gasteiger partial charge in [0, 0.05) is 50.0 Å². The first-order valence-electron chi connectivity index (χ1n) is 18.8. The lowest BCUT2D eigenvalue weighted by atomic mass is 9.96. The Kier molecular flexibility index (Phi) is 7.42. The van der Waals surface area contributed by atoms with Gasteiger partial charge in [-0.2, -0.15) is 0 Å². The van der Waals surface area contributed by atoms with Crippen LogP contribution in [0, 0.1) is 0 Å². The number of hydrogen-bond acceptors (Lipinski definition) is 4. The first kappa shape index (κ1) is 31.9. The summed E-state index contributed by atoms with van der Waals surface area (Å²) in [6.45, 7) is 0. The van der Waals surface area contributed by atoms with Crippen LogP contribution in [0.25, 0.3) is 106 Å². The quantitative estimate of drug-likeness (QED) is 0.172. The number of aromatic nitrogens is 4. The molecule has 0 N–H and O–H groups in total. The molecule has 0 atom stereocenters. The third kappa shape index (κ3) is 5.37. The van der Waals surface area contributed by atoms with Crippen molar-refractivity contribution < 1.29 is 4.42 Å². The van der Waals surface area contributed by atoms with Crippen molar-refractivity contribution in [1.29, 1.82) is 0 Å². The third-order valence-corrected chi connectivity index (χ3v) is 10.7. The molecule has 0 saturated carbocycles. The maximum Gasteiger partial charge on any atom is 0.164 e. The molecule has 0 fully saturated rings. The first-order chi connectivity index (χ1) is 27.7. The predicted octanol–water partition coefficient (Wildman–Crippen LogP) is 13.2. The molecule has 8 aromatic carbocycles. The summed E-state index contributed by atoms with van der Waals surface area (Å²) in [6, 6.07) is 67.4. The Morgan fingerprint density at radius 1 is 0.339 bits per heavy atom. The van der Waals surface area contributed by atoms with Crippen LogP contribution >= 0.6 is 0 Å².